The summed E-state index contributed by atoms with van der Waals surface area (Å²) < 4.78 is 10.5. The Morgan fingerprint density at radius 2 is 1.52 bits per heavy atom. The SMILES string of the molecule is CNc1nc(Nc2ccc(C)c([N+](=O)[O-])c2)ncc1C(=O)Nc1cc(NC(=O)c2cc(OC)cc(OC)c2)ccc1C. The van der Waals surface area contributed by atoms with Crippen LogP contribution in [0.15, 0.2) is 60.8 Å². The fourth-order valence-electron chi connectivity index (χ4n) is 3.98. The third-order valence-corrected chi connectivity index (χ3v) is 6.29. The summed E-state index contributed by atoms with van der Waals surface area (Å²) in [7, 11) is 4.60. The summed E-state index contributed by atoms with van der Waals surface area (Å²) in [4.78, 5) is 45.5. The molecule has 4 aromatic rings. The Kier molecular flexibility index (Phi) is 8.81. The minimum Gasteiger partial charge on any atom is -0.497 e. The lowest BCUT2D eigenvalue weighted by atomic mass is 10.1. The first kappa shape index (κ1) is 29.3. The zero-order chi connectivity index (χ0) is 30.4. The van der Waals surface area contributed by atoms with Gasteiger partial charge >= 0.3 is 0 Å². The van der Waals surface area contributed by atoms with Gasteiger partial charge in [0.1, 0.15) is 22.9 Å². The number of anilines is 5. The van der Waals surface area contributed by atoms with Crippen molar-refractivity contribution in [3.63, 3.8) is 0 Å². The third-order valence-electron chi connectivity index (χ3n) is 6.29. The molecule has 1 aromatic heterocycles. The Balaban J connectivity index is 1.51. The summed E-state index contributed by atoms with van der Waals surface area (Å²) in [6, 6.07) is 14.6. The number of methoxy groups -OCH3 is 2. The van der Waals surface area contributed by atoms with Crippen LogP contribution in [0, 0.1) is 24.0 Å². The largest absolute Gasteiger partial charge is 0.497 e. The Bertz CT molecular complexity index is 1650. The van der Waals surface area contributed by atoms with E-state index in [0.29, 0.717) is 39.7 Å². The lowest BCUT2D eigenvalue weighted by Crippen LogP contribution is -2.17. The van der Waals surface area contributed by atoms with Crippen molar-refractivity contribution in [2.75, 3.05) is 42.5 Å². The van der Waals surface area contributed by atoms with Gasteiger partial charge < -0.3 is 30.7 Å². The highest BCUT2D eigenvalue weighted by Gasteiger charge is 2.18. The Morgan fingerprint density at radius 3 is 2.17 bits per heavy atom. The predicted octanol–water partition coefficient (Wildman–Crippen LogP) is 5.31. The fraction of sp³-hybridized carbons (Fsp3) is 0.172. The van der Waals surface area contributed by atoms with E-state index >= 15 is 0 Å². The third kappa shape index (κ3) is 6.70. The summed E-state index contributed by atoms with van der Waals surface area (Å²) in [5.74, 6) is 0.451. The first-order chi connectivity index (χ1) is 20.1. The molecule has 0 atom stereocenters. The number of aryl methyl sites for hydroxylation is 2. The highest BCUT2D eigenvalue weighted by molar-refractivity contribution is 6.09. The summed E-state index contributed by atoms with van der Waals surface area (Å²) in [6.07, 6.45) is 1.34. The first-order valence-corrected chi connectivity index (χ1v) is 12.6. The molecule has 0 radical (unpaired) electrons. The van der Waals surface area contributed by atoms with E-state index in [-0.39, 0.29) is 28.9 Å². The van der Waals surface area contributed by atoms with Crippen LogP contribution in [-0.4, -0.2) is 48.0 Å². The number of benzene rings is 3. The van der Waals surface area contributed by atoms with Crippen LogP contribution in [0.4, 0.5) is 34.5 Å². The molecule has 0 aliphatic carbocycles. The molecule has 13 heteroatoms. The van der Waals surface area contributed by atoms with Crippen LogP contribution in [0.2, 0.25) is 0 Å². The molecule has 0 saturated carbocycles. The van der Waals surface area contributed by atoms with Gasteiger partial charge in [-0.2, -0.15) is 4.98 Å². The average molecular weight is 572 g/mol. The van der Waals surface area contributed by atoms with Crippen LogP contribution in [-0.2, 0) is 0 Å². The van der Waals surface area contributed by atoms with Gasteiger partial charge in [-0.3, -0.25) is 19.7 Å². The Morgan fingerprint density at radius 1 is 0.857 bits per heavy atom. The number of carbonyl (C=O) groups excluding carboxylic acids is 2. The van der Waals surface area contributed by atoms with E-state index in [4.69, 9.17) is 9.47 Å². The van der Waals surface area contributed by atoms with E-state index in [1.807, 2.05) is 6.92 Å². The van der Waals surface area contributed by atoms with Gasteiger partial charge in [0.2, 0.25) is 5.95 Å². The number of aromatic nitrogens is 2. The molecular weight excluding hydrogens is 542 g/mol. The van der Waals surface area contributed by atoms with Gasteiger partial charge in [0.05, 0.1) is 19.1 Å². The van der Waals surface area contributed by atoms with Crippen molar-refractivity contribution < 1.29 is 24.0 Å². The maximum Gasteiger partial charge on any atom is 0.274 e. The van der Waals surface area contributed by atoms with Crippen LogP contribution in [0.5, 0.6) is 11.5 Å². The van der Waals surface area contributed by atoms with Crippen LogP contribution in [0.25, 0.3) is 0 Å². The standard InChI is InChI=1S/C29H29N7O6/c1-16-6-8-19(32-27(37)18-10-21(41-4)14-22(11-18)42-5)12-24(16)34-28(38)23-15-31-29(35-26(23)30-3)33-20-9-7-17(2)25(13-20)36(39)40/h6-15H,1-5H3,(H,32,37)(H,34,38)(H2,30,31,33,35). The van der Waals surface area contributed by atoms with E-state index in [2.05, 4.69) is 31.2 Å². The zero-order valence-electron chi connectivity index (χ0n) is 23.6. The maximum absolute atomic E-state index is 13.2. The van der Waals surface area contributed by atoms with Crippen molar-refractivity contribution in [1.29, 1.82) is 0 Å². The topological polar surface area (TPSA) is 170 Å². The van der Waals surface area contributed by atoms with Crippen LogP contribution >= 0.6 is 0 Å². The summed E-state index contributed by atoms with van der Waals surface area (Å²) in [6.45, 7) is 3.46. The van der Waals surface area contributed by atoms with Gasteiger partial charge in [0.15, 0.2) is 0 Å². The average Bonchev–Trinajstić information content (AvgIpc) is 2.99. The number of carbonyl (C=O) groups is 2. The van der Waals surface area contributed by atoms with E-state index in [1.165, 1.54) is 26.5 Å². The number of nitro benzene ring substituents is 1. The van der Waals surface area contributed by atoms with Gasteiger partial charge in [-0.15, -0.1) is 0 Å². The monoisotopic (exact) mass is 571 g/mol. The molecule has 0 bridgehead atoms. The van der Waals surface area contributed by atoms with Gasteiger partial charge in [0, 0.05) is 53.6 Å². The molecule has 2 amide bonds. The van der Waals surface area contributed by atoms with Crippen molar-refractivity contribution in [3.05, 3.63) is 93.2 Å². The molecule has 0 aliphatic rings. The lowest BCUT2D eigenvalue weighted by molar-refractivity contribution is -0.385. The molecular formula is C29H29N7O6. The molecule has 0 fully saturated rings. The molecule has 4 rings (SSSR count). The Hall–Kier alpha value is -5.72. The zero-order valence-corrected chi connectivity index (χ0v) is 23.6. The minimum absolute atomic E-state index is 0.0400. The molecule has 4 N–H and O–H groups in total. The van der Waals surface area contributed by atoms with Gasteiger partial charge in [-0.25, -0.2) is 4.98 Å². The number of hydrogen-bond donors (Lipinski definition) is 4. The number of nitro groups is 1. The molecule has 13 nitrogen and oxygen atoms in total. The van der Waals surface area contributed by atoms with Crippen molar-refractivity contribution in [3.8, 4) is 11.5 Å². The molecule has 0 unspecified atom stereocenters. The lowest BCUT2D eigenvalue weighted by Gasteiger charge is -2.14. The predicted molar refractivity (Wildman–Crippen MR) is 159 cm³/mol. The van der Waals surface area contributed by atoms with Crippen LogP contribution in [0.1, 0.15) is 31.8 Å². The molecule has 1 heterocycles. The Labute approximate surface area is 241 Å². The van der Waals surface area contributed by atoms with Crippen molar-refractivity contribution in [2.45, 2.75) is 13.8 Å². The summed E-state index contributed by atoms with van der Waals surface area (Å²) in [5.41, 5.74) is 3.09. The quantitative estimate of drug-likeness (QED) is 0.144. The molecule has 0 spiro atoms. The maximum atomic E-state index is 13.2. The van der Waals surface area contributed by atoms with Gasteiger partial charge in [0.25, 0.3) is 17.5 Å². The van der Waals surface area contributed by atoms with E-state index < -0.39 is 10.8 Å². The summed E-state index contributed by atoms with van der Waals surface area (Å²) in [5, 5.41) is 22.7. The number of nitrogens with one attached hydrogen (secondary N) is 4. The van der Waals surface area contributed by atoms with E-state index in [0.717, 1.165) is 5.56 Å². The van der Waals surface area contributed by atoms with Gasteiger partial charge in [-0.05, 0) is 49.7 Å². The first-order valence-electron chi connectivity index (χ1n) is 12.6. The van der Waals surface area contributed by atoms with Crippen LogP contribution < -0.4 is 30.7 Å². The minimum atomic E-state index is -0.485. The number of ether oxygens (including phenoxy) is 2. The number of rotatable bonds is 10. The highest BCUT2D eigenvalue weighted by Crippen LogP contribution is 2.27. The second-order valence-electron chi connectivity index (χ2n) is 9.13. The van der Waals surface area contributed by atoms with Crippen molar-refractivity contribution in [1.82, 2.24) is 9.97 Å². The van der Waals surface area contributed by atoms with Crippen molar-refractivity contribution >= 4 is 46.3 Å². The molecule has 216 valence electrons. The van der Waals surface area contributed by atoms with Crippen LogP contribution in [0.3, 0.4) is 0 Å². The second kappa shape index (κ2) is 12.6. The fourth-order valence-corrected chi connectivity index (χ4v) is 3.98. The van der Waals surface area contributed by atoms with Crippen molar-refractivity contribution in [2.24, 2.45) is 0 Å². The number of amides is 2. The molecule has 0 saturated heterocycles. The molecule has 42 heavy (non-hydrogen) atoms. The highest BCUT2D eigenvalue weighted by atomic mass is 16.6. The second-order valence-corrected chi connectivity index (χ2v) is 9.13. The molecule has 3 aromatic carbocycles. The van der Waals surface area contributed by atoms with E-state index in [9.17, 15) is 19.7 Å². The smallest absolute Gasteiger partial charge is 0.274 e. The van der Waals surface area contributed by atoms with Gasteiger partial charge in [-0.1, -0.05) is 12.1 Å². The normalized spacial score (nSPS) is 10.4. The number of nitrogens with zero attached hydrogens (tertiary/aromatic N) is 3. The number of hydrogen-bond acceptors (Lipinski definition) is 10. The molecule has 0 aliphatic heterocycles. The van der Waals surface area contributed by atoms with E-state index in [1.54, 1.807) is 62.5 Å². The summed E-state index contributed by atoms with van der Waals surface area (Å²) >= 11 is 0.